The molecule has 1 aromatic rings. The van der Waals surface area contributed by atoms with Crippen molar-refractivity contribution >= 4 is 17.3 Å². The van der Waals surface area contributed by atoms with Crippen LogP contribution < -0.4 is 5.11 Å². The van der Waals surface area contributed by atoms with Gasteiger partial charge >= 0.3 is 0 Å². The summed E-state index contributed by atoms with van der Waals surface area (Å²) in [6.07, 6.45) is 2.47. The number of rotatable bonds is 3. The van der Waals surface area contributed by atoms with E-state index < -0.39 is 5.97 Å². The zero-order valence-electron chi connectivity index (χ0n) is 7.73. The molecular weight excluding hydrogens is 200 g/mol. The summed E-state index contributed by atoms with van der Waals surface area (Å²) in [6.45, 7) is 2.97. The van der Waals surface area contributed by atoms with Crippen molar-refractivity contribution in [3.8, 4) is 0 Å². The number of carbonyl (C=O) groups is 1. The summed E-state index contributed by atoms with van der Waals surface area (Å²) in [6, 6.07) is 0. The number of carbonyl (C=O) groups excluding carboxylic acids is 1. The maximum atomic E-state index is 10.5. The molecule has 0 bridgehead atoms. The largest absolute Gasteiger partial charge is 0.543 e. The number of carboxylic acid groups (broad SMARTS) is 1. The molecule has 76 valence electrons. The first-order valence-electron chi connectivity index (χ1n) is 4.64. The van der Waals surface area contributed by atoms with Crippen LogP contribution in [0.4, 0.5) is 0 Å². The summed E-state index contributed by atoms with van der Waals surface area (Å²) in [7, 11) is 0. The topological polar surface area (TPSA) is 56.3 Å². The minimum Gasteiger partial charge on any atom is -0.543 e. The van der Waals surface area contributed by atoms with Crippen LogP contribution in [0.5, 0.6) is 0 Å². The number of nitrogens with zero attached hydrogens (tertiary/aromatic N) is 2. The van der Waals surface area contributed by atoms with E-state index in [1.165, 1.54) is 24.2 Å². The van der Waals surface area contributed by atoms with Gasteiger partial charge in [-0.3, -0.25) is 4.90 Å². The quantitative estimate of drug-likeness (QED) is 0.711. The minimum absolute atomic E-state index is 0.0594. The molecule has 1 aliphatic heterocycles. The summed E-state index contributed by atoms with van der Waals surface area (Å²) in [5.41, 5.74) is 0.0594. The Morgan fingerprint density at radius 3 is 2.86 bits per heavy atom. The second-order valence-corrected chi connectivity index (χ2v) is 4.34. The maximum absolute atomic E-state index is 10.5. The number of hydrogen-bond donors (Lipinski definition) is 0. The van der Waals surface area contributed by atoms with Crippen molar-refractivity contribution in [2.24, 2.45) is 0 Å². The van der Waals surface area contributed by atoms with Crippen molar-refractivity contribution in [3.63, 3.8) is 0 Å². The molecule has 0 saturated carbocycles. The van der Waals surface area contributed by atoms with E-state index in [0.717, 1.165) is 24.6 Å². The van der Waals surface area contributed by atoms with Crippen molar-refractivity contribution in [1.82, 2.24) is 9.88 Å². The van der Waals surface area contributed by atoms with E-state index in [1.807, 2.05) is 0 Å². The Labute approximate surface area is 86.2 Å². The SMILES string of the molecule is O=C([O-])c1csc(CN2CCCC2)n1. The number of aromatic carboxylic acids is 1. The molecule has 2 rings (SSSR count). The first-order valence-corrected chi connectivity index (χ1v) is 5.52. The molecule has 5 heteroatoms. The Bertz CT molecular complexity index is 331. The number of hydrogen-bond acceptors (Lipinski definition) is 5. The van der Waals surface area contributed by atoms with Crippen molar-refractivity contribution in [1.29, 1.82) is 0 Å². The monoisotopic (exact) mass is 211 g/mol. The molecule has 1 aromatic heterocycles. The highest BCUT2D eigenvalue weighted by Gasteiger charge is 2.13. The molecule has 1 aliphatic rings. The first-order chi connectivity index (χ1) is 6.75. The third kappa shape index (κ3) is 2.10. The van der Waals surface area contributed by atoms with Gasteiger partial charge in [0.05, 0.1) is 18.2 Å². The normalized spacial score (nSPS) is 17.4. The van der Waals surface area contributed by atoms with Gasteiger partial charge in [0.25, 0.3) is 0 Å². The van der Waals surface area contributed by atoms with E-state index >= 15 is 0 Å². The number of aromatic nitrogens is 1. The lowest BCUT2D eigenvalue weighted by atomic mass is 10.4. The Morgan fingerprint density at radius 2 is 2.29 bits per heavy atom. The van der Waals surface area contributed by atoms with Crippen molar-refractivity contribution in [2.45, 2.75) is 19.4 Å². The van der Waals surface area contributed by atoms with E-state index in [4.69, 9.17) is 0 Å². The third-order valence-corrected chi connectivity index (χ3v) is 3.15. The Balaban J connectivity index is 1.98. The summed E-state index contributed by atoms with van der Waals surface area (Å²) in [4.78, 5) is 16.7. The van der Waals surface area contributed by atoms with Gasteiger partial charge < -0.3 is 9.90 Å². The fourth-order valence-electron chi connectivity index (χ4n) is 1.61. The Kier molecular flexibility index (Phi) is 2.79. The Morgan fingerprint density at radius 1 is 1.57 bits per heavy atom. The van der Waals surface area contributed by atoms with Crippen molar-refractivity contribution in [2.75, 3.05) is 13.1 Å². The zero-order valence-corrected chi connectivity index (χ0v) is 8.55. The molecule has 0 N–H and O–H groups in total. The van der Waals surface area contributed by atoms with Gasteiger partial charge in [-0.25, -0.2) is 4.98 Å². The van der Waals surface area contributed by atoms with Crippen LogP contribution in [-0.4, -0.2) is 28.9 Å². The molecule has 0 spiro atoms. The second-order valence-electron chi connectivity index (χ2n) is 3.40. The summed E-state index contributed by atoms with van der Waals surface area (Å²) in [5.74, 6) is -1.19. The average molecular weight is 211 g/mol. The fraction of sp³-hybridized carbons (Fsp3) is 0.556. The average Bonchev–Trinajstić information content (AvgIpc) is 2.75. The first kappa shape index (κ1) is 9.61. The van der Waals surface area contributed by atoms with Crippen LogP contribution in [0, 0.1) is 0 Å². The van der Waals surface area contributed by atoms with Crippen LogP contribution in [0.2, 0.25) is 0 Å². The molecule has 0 atom stereocenters. The molecule has 14 heavy (non-hydrogen) atoms. The van der Waals surface area contributed by atoms with Crippen LogP contribution in [-0.2, 0) is 6.54 Å². The number of thiazole rings is 1. The number of likely N-dealkylation sites (tertiary alicyclic amines) is 1. The summed E-state index contributed by atoms with van der Waals surface area (Å²) in [5, 5.41) is 12.9. The molecule has 0 unspecified atom stereocenters. The molecule has 4 nitrogen and oxygen atoms in total. The van der Waals surface area contributed by atoms with Crippen molar-refractivity contribution in [3.05, 3.63) is 16.1 Å². The van der Waals surface area contributed by atoms with E-state index in [-0.39, 0.29) is 5.69 Å². The molecular formula is C9H11N2O2S-. The number of carboxylic acids is 1. The van der Waals surface area contributed by atoms with Gasteiger partial charge in [0.2, 0.25) is 0 Å². The van der Waals surface area contributed by atoms with Gasteiger partial charge in [-0.05, 0) is 25.9 Å². The third-order valence-electron chi connectivity index (χ3n) is 2.32. The fourth-order valence-corrected chi connectivity index (χ4v) is 2.41. The molecule has 0 aliphatic carbocycles. The maximum Gasteiger partial charge on any atom is 0.107 e. The van der Waals surface area contributed by atoms with Gasteiger partial charge in [0.1, 0.15) is 5.01 Å². The Hall–Kier alpha value is -0.940. The summed E-state index contributed by atoms with van der Waals surface area (Å²) >= 11 is 1.39. The van der Waals surface area contributed by atoms with Gasteiger partial charge in [-0.1, -0.05) is 0 Å². The van der Waals surface area contributed by atoms with Crippen LogP contribution in [0.25, 0.3) is 0 Å². The predicted molar refractivity (Wildman–Crippen MR) is 51.0 cm³/mol. The summed E-state index contributed by atoms with van der Waals surface area (Å²) < 4.78 is 0. The highest BCUT2D eigenvalue weighted by Crippen LogP contribution is 2.15. The van der Waals surface area contributed by atoms with E-state index in [1.54, 1.807) is 5.38 Å². The zero-order chi connectivity index (χ0) is 9.97. The molecule has 2 heterocycles. The van der Waals surface area contributed by atoms with Crippen molar-refractivity contribution < 1.29 is 9.90 Å². The molecule has 1 saturated heterocycles. The lowest BCUT2D eigenvalue weighted by Crippen LogP contribution is -2.23. The van der Waals surface area contributed by atoms with Gasteiger partial charge in [0, 0.05) is 5.38 Å². The van der Waals surface area contributed by atoms with Gasteiger partial charge in [-0.15, -0.1) is 11.3 Å². The molecule has 0 amide bonds. The second kappa shape index (κ2) is 4.06. The van der Waals surface area contributed by atoms with E-state index in [2.05, 4.69) is 9.88 Å². The molecule has 0 radical (unpaired) electrons. The standard InChI is InChI=1S/C9H12N2O2S/c12-9(13)7-6-14-8(10-7)5-11-3-1-2-4-11/h6H,1-5H2,(H,12,13)/p-1. The lowest BCUT2D eigenvalue weighted by Gasteiger charge is -2.11. The van der Waals surface area contributed by atoms with Gasteiger partial charge in [0.15, 0.2) is 0 Å². The highest BCUT2D eigenvalue weighted by molar-refractivity contribution is 7.09. The smallest absolute Gasteiger partial charge is 0.107 e. The van der Waals surface area contributed by atoms with Crippen LogP contribution >= 0.6 is 11.3 Å². The predicted octanol–water partition coefficient (Wildman–Crippen LogP) is 0.102. The van der Waals surface area contributed by atoms with E-state index in [9.17, 15) is 9.90 Å². The van der Waals surface area contributed by atoms with Crippen LogP contribution in [0.1, 0.15) is 28.3 Å². The lowest BCUT2D eigenvalue weighted by molar-refractivity contribution is -0.255. The van der Waals surface area contributed by atoms with Crippen LogP contribution in [0.15, 0.2) is 5.38 Å². The van der Waals surface area contributed by atoms with Crippen LogP contribution in [0.3, 0.4) is 0 Å². The molecule has 1 fully saturated rings. The highest BCUT2D eigenvalue weighted by atomic mass is 32.1. The van der Waals surface area contributed by atoms with Gasteiger partial charge in [-0.2, -0.15) is 0 Å². The van der Waals surface area contributed by atoms with E-state index in [0.29, 0.717) is 0 Å². The molecule has 0 aromatic carbocycles. The minimum atomic E-state index is -1.19.